The molecule has 5 heteroatoms. The molecule has 4 nitrogen and oxygen atoms in total. The quantitative estimate of drug-likeness (QED) is 0.617. The first-order valence-corrected chi connectivity index (χ1v) is 5.52. The minimum atomic E-state index is -0.530. The molecule has 0 amide bonds. The Morgan fingerprint density at radius 2 is 2.41 bits per heavy atom. The van der Waals surface area contributed by atoms with Gasteiger partial charge in [-0.3, -0.25) is 5.41 Å². The Morgan fingerprint density at radius 1 is 1.59 bits per heavy atom. The molecule has 1 unspecified atom stereocenters. The van der Waals surface area contributed by atoms with Crippen LogP contribution < -0.4 is 10.5 Å². The highest BCUT2D eigenvalue weighted by Crippen LogP contribution is 2.22. The highest BCUT2D eigenvalue weighted by Gasteiger charge is 2.18. The van der Waals surface area contributed by atoms with Crippen molar-refractivity contribution >= 4 is 5.84 Å². The summed E-state index contributed by atoms with van der Waals surface area (Å²) in [6, 6.07) is 4.43. The molecule has 0 aromatic heterocycles. The fraction of sp³-hybridized carbons (Fsp3) is 0.417. The molecule has 1 fully saturated rings. The summed E-state index contributed by atoms with van der Waals surface area (Å²) in [4.78, 5) is 0. The maximum absolute atomic E-state index is 13.5. The second-order valence-electron chi connectivity index (χ2n) is 4.07. The maximum atomic E-state index is 13.5. The minimum absolute atomic E-state index is 0.0337. The molecule has 1 atom stereocenters. The van der Waals surface area contributed by atoms with Gasteiger partial charge in [-0.15, -0.1) is 0 Å². The van der Waals surface area contributed by atoms with Crippen LogP contribution >= 0.6 is 0 Å². The maximum Gasteiger partial charge on any atom is 0.137 e. The monoisotopic (exact) mass is 238 g/mol. The summed E-state index contributed by atoms with van der Waals surface area (Å²) in [7, 11) is 0. The molecule has 92 valence electrons. The summed E-state index contributed by atoms with van der Waals surface area (Å²) in [5, 5.41) is 7.34. The zero-order valence-electron chi connectivity index (χ0n) is 9.41. The molecule has 1 aromatic rings. The zero-order chi connectivity index (χ0) is 12.3. The lowest BCUT2D eigenvalue weighted by Gasteiger charge is -2.13. The van der Waals surface area contributed by atoms with Gasteiger partial charge >= 0.3 is 0 Å². The molecule has 17 heavy (non-hydrogen) atoms. The van der Waals surface area contributed by atoms with E-state index >= 15 is 0 Å². The van der Waals surface area contributed by atoms with E-state index in [0.29, 0.717) is 24.9 Å². The lowest BCUT2D eigenvalue weighted by atomic mass is 10.1. The van der Waals surface area contributed by atoms with Gasteiger partial charge in [0.2, 0.25) is 0 Å². The first kappa shape index (κ1) is 11.9. The Balaban J connectivity index is 2.09. The zero-order valence-corrected chi connectivity index (χ0v) is 9.41. The highest BCUT2D eigenvalue weighted by atomic mass is 19.1. The number of ether oxygens (including phenoxy) is 2. The fourth-order valence-corrected chi connectivity index (χ4v) is 1.81. The summed E-state index contributed by atoms with van der Waals surface area (Å²) in [6.07, 6.45) is 0.949. The van der Waals surface area contributed by atoms with E-state index in [2.05, 4.69) is 0 Å². The Labute approximate surface area is 99.0 Å². The lowest BCUT2D eigenvalue weighted by molar-refractivity contribution is 0.167. The van der Waals surface area contributed by atoms with Crippen molar-refractivity contribution in [3.05, 3.63) is 29.6 Å². The summed E-state index contributed by atoms with van der Waals surface area (Å²) in [5.74, 6) is -0.194. The molecule has 0 aliphatic carbocycles. The molecule has 0 bridgehead atoms. The van der Waals surface area contributed by atoms with Crippen molar-refractivity contribution in [2.45, 2.75) is 6.42 Å². The van der Waals surface area contributed by atoms with Gasteiger partial charge in [-0.1, -0.05) is 6.07 Å². The Kier molecular flexibility index (Phi) is 3.58. The summed E-state index contributed by atoms with van der Waals surface area (Å²) in [6.45, 7) is 1.88. The molecule has 1 aliphatic rings. The van der Waals surface area contributed by atoms with Gasteiger partial charge in [-0.2, -0.15) is 0 Å². The molecule has 3 N–H and O–H groups in total. The number of hydrogen-bond acceptors (Lipinski definition) is 3. The van der Waals surface area contributed by atoms with Crippen LogP contribution in [0.4, 0.5) is 4.39 Å². The van der Waals surface area contributed by atoms with E-state index in [1.165, 1.54) is 6.07 Å². The van der Waals surface area contributed by atoms with E-state index < -0.39 is 5.82 Å². The van der Waals surface area contributed by atoms with E-state index in [9.17, 15) is 4.39 Å². The third-order valence-corrected chi connectivity index (χ3v) is 2.74. The van der Waals surface area contributed by atoms with Crippen molar-refractivity contribution in [3.63, 3.8) is 0 Å². The van der Waals surface area contributed by atoms with Crippen LogP contribution in [0.3, 0.4) is 0 Å². The number of rotatable bonds is 4. The van der Waals surface area contributed by atoms with Gasteiger partial charge in [0.1, 0.15) is 17.4 Å². The first-order chi connectivity index (χ1) is 8.18. The van der Waals surface area contributed by atoms with Crippen LogP contribution in [0.25, 0.3) is 0 Å². The largest absolute Gasteiger partial charge is 0.492 e. The number of nitrogens with one attached hydrogen (secondary N) is 1. The molecule has 1 aromatic carbocycles. The van der Waals surface area contributed by atoms with Gasteiger partial charge in [0.05, 0.1) is 18.8 Å². The molecule has 0 spiro atoms. The van der Waals surface area contributed by atoms with Gasteiger partial charge in [0.15, 0.2) is 0 Å². The number of amidine groups is 1. The predicted molar refractivity (Wildman–Crippen MR) is 61.8 cm³/mol. The van der Waals surface area contributed by atoms with E-state index in [4.69, 9.17) is 20.6 Å². The number of benzene rings is 1. The predicted octanol–water partition coefficient (Wildman–Crippen LogP) is 1.53. The second-order valence-corrected chi connectivity index (χ2v) is 4.07. The van der Waals surface area contributed by atoms with Crippen LogP contribution in [-0.4, -0.2) is 25.7 Å². The van der Waals surface area contributed by atoms with Crippen molar-refractivity contribution in [2.75, 3.05) is 19.8 Å². The van der Waals surface area contributed by atoms with Crippen LogP contribution in [0.2, 0.25) is 0 Å². The standard InChI is InChI=1S/C12H15FN2O2/c13-9-2-1-3-10(11(9)12(14)15)17-7-8-4-5-16-6-8/h1-3,8H,4-7H2,(H3,14,15). The number of hydrogen-bond donors (Lipinski definition) is 2. The molecule has 1 aliphatic heterocycles. The minimum Gasteiger partial charge on any atom is -0.492 e. The van der Waals surface area contributed by atoms with Crippen molar-refractivity contribution < 1.29 is 13.9 Å². The molecular weight excluding hydrogens is 223 g/mol. The first-order valence-electron chi connectivity index (χ1n) is 5.52. The van der Waals surface area contributed by atoms with Crippen LogP contribution in [0.15, 0.2) is 18.2 Å². The van der Waals surface area contributed by atoms with Crippen LogP contribution in [0.5, 0.6) is 5.75 Å². The highest BCUT2D eigenvalue weighted by molar-refractivity contribution is 5.97. The summed E-state index contributed by atoms with van der Waals surface area (Å²) < 4.78 is 24.2. The molecule has 1 heterocycles. The van der Waals surface area contributed by atoms with Crippen molar-refractivity contribution in [1.29, 1.82) is 5.41 Å². The lowest BCUT2D eigenvalue weighted by Crippen LogP contribution is -2.18. The van der Waals surface area contributed by atoms with Gasteiger partial charge in [0.25, 0.3) is 0 Å². The molecule has 1 saturated heterocycles. The molecule has 0 radical (unpaired) electrons. The van der Waals surface area contributed by atoms with Crippen molar-refractivity contribution in [3.8, 4) is 5.75 Å². The average Bonchev–Trinajstić information content (AvgIpc) is 2.78. The number of nitrogens with two attached hydrogens (primary N) is 1. The fourth-order valence-electron chi connectivity index (χ4n) is 1.81. The van der Waals surface area contributed by atoms with Gasteiger partial charge in [-0.05, 0) is 18.6 Å². The third kappa shape index (κ3) is 2.74. The van der Waals surface area contributed by atoms with Crippen LogP contribution in [0.1, 0.15) is 12.0 Å². The van der Waals surface area contributed by atoms with E-state index in [-0.39, 0.29) is 11.4 Å². The van der Waals surface area contributed by atoms with Crippen molar-refractivity contribution in [2.24, 2.45) is 11.7 Å². The SMILES string of the molecule is N=C(N)c1c(F)cccc1OCC1CCOC1. The third-order valence-electron chi connectivity index (χ3n) is 2.74. The summed E-state index contributed by atoms with van der Waals surface area (Å²) >= 11 is 0. The van der Waals surface area contributed by atoms with E-state index in [1.807, 2.05) is 0 Å². The van der Waals surface area contributed by atoms with E-state index in [0.717, 1.165) is 13.0 Å². The number of halogens is 1. The smallest absolute Gasteiger partial charge is 0.137 e. The summed E-state index contributed by atoms with van der Waals surface area (Å²) in [5.41, 5.74) is 5.37. The molecule has 0 saturated carbocycles. The van der Waals surface area contributed by atoms with Crippen LogP contribution in [0, 0.1) is 17.1 Å². The number of nitrogen functional groups attached to an aromatic ring is 1. The van der Waals surface area contributed by atoms with Gasteiger partial charge < -0.3 is 15.2 Å². The van der Waals surface area contributed by atoms with Crippen molar-refractivity contribution in [1.82, 2.24) is 0 Å². The second kappa shape index (κ2) is 5.14. The molecular formula is C12H15FN2O2. The molecule has 2 rings (SSSR count). The van der Waals surface area contributed by atoms with Gasteiger partial charge in [-0.25, -0.2) is 4.39 Å². The Morgan fingerprint density at radius 3 is 3.06 bits per heavy atom. The Hall–Kier alpha value is -1.62. The average molecular weight is 238 g/mol. The topological polar surface area (TPSA) is 68.3 Å². The van der Waals surface area contributed by atoms with Crippen LogP contribution in [-0.2, 0) is 4.74 Å². The normalized spacial score (nSPS) is 19.2. The van der Waals surface area contributed by atoms with Gasteiger partial charge in [0, 0.05) is 12.5 Å². The Bertz CT molecular complexity index is 417. The van der Waals surface area contributed by atoms with E-state index in [1.54, 1.807) is 12.1 Å².